The molecular formula is C14H26F3NO. The van der Waals surface area contributed by atoms with Crippen molar-refractivity contribution >= 4 is 0 Å². The van der Waals surface area contributed by atoms with Crippen LogP contribution in [0.15, 0.2) is 0 Å². The number of hydrogen-bond acceptors (Lipinski definition) is 2. The molecule has 1 aliphatic rings. The summed E-state index contributed by atoms with van der Waals surface area (Å²) < 4.78 is 42.1. The van der Waals surface area contributed by atoms with E-state index in [1.165, 1.54) is 0 Å². The first-order valence-corrected chi connectivity index (χ1v) is 7.08. The van der Waals surface area contributed by atoms with Crippen LogP contribution < -0.4 is 5.32 Å². The lowest BCUT2D eigenvalue weighted by Crippen LogP contribution is -2.48. The lowest BCUT2D eigenvalue weighted by Gasteiger charge is -2.33. The van der Waals surface area contributed by atoms with E-state index in [1.807, 2.05) is 0 Å². The Kier molecular flexibility index (Phi) is 5.68. The molecule has 1 saturated carbocycles. The number of alkyl halides is 3. The Hall–Kier alpha value is -0.290. The summed E-state index contributed by atoms with van der Waals surface area (Å²) in [5.74, 6) is 0. The molecule has 0 bridgehead atoms. The topological polar surface area (TPSA) is 21.3 Å². The van der Waals surface area contributed by atoms with Gasteiger partial charge in [-0.15, -0.1) is 0 Å². The molecule has 2 nitrogen and oxygen atoms in total. The van der Waals surface area contributed by atoms with Crippen LogP contribution in [0.25, 0.3) is 0 Å². The minimum absolute atomic E-state index is 0.00488. The number of rotatable bonds is 6. The van der Waals surface area contributed by atoms with Crippen LogP contribution in [0.2, 0.25) is 0 Å². The molecule has 0 aromatic carbocycles. The zero-order valence-corrected chi connectivity index (χ0v) is 12.2. The van der Waals surface area contributed by atoms with Crippen LogP contribution >= 0.6 is 0 Å². The molecule has 19 heavy (non-hydrogen) atoms. The molecule has 0 heterocycles. The maximum absolute atomic E-state index is 12.1. The van der Waals surface area contributed by atoms with Crippen molar-refractivity contribution in [2.75, 3.05) is 13.2 Å². The van der Waals surface area contributed by atoms with Gasteiger partial charge in [0.2, 0.25) is 0 Å². The van der Waals surface area contributed by atoms with Crippen molar-refractivity contribution in [1.82, 2.24) is 5.32 Å². The number of hydrogen-bond donors (Lipinski definition) is 1. The van der Waals surface area contributed by atoms with E-state index in [9.17, 15) is 13.2 Å². The summed E-state index contributed by atoms with van der Waals surface area (Å²) in [7, 11) is 0. The first-order chi connectivity index (χ1) is 8.62. The predicted molar refractivity (Wildman–Crippen MR) is 70.2 cm³/mol. The third-order valence-corrected chi connectivity index (χ3v) is 3.47. The number of ether oxygens (including phenoxy) is 1. The second-order valence-electron chi connectivity index (χ2n) is 6.56. The van der Waals surface area contributed by atoms with Gasteiger partial charge in [-0.1, -0.05) is 12.8 Å². The summed E-state index contributed by atoms with van der Waals surface area (Å²) in [5.41, 5.74) is -0.246. The van der Waals surface area contributed by atoms with Gasteiger partial charge in [0.25, 0.3) is 0 Å². The van der Waals surface area contributed by atoms with Crippen LogP contribution in [0.4, 0.5) is 13.2 Å². The third-order valence-electron chi connectivity index (χ3n) is 3.47. The van der Waals surface area contributed by atoms with Crippen molar-refractivity contribution in [3.63, 3.8) is 0 Å². The molecule has 0 aromatic rings. The molecule has 0 aromatic heterocycles. The van der Waals surface area contributed by atoms with Crippen LogP contribution in [-0.4, -0.2) is 30.5 Å². The molecule has 5 heteroatoms. The summed E-state index contributed by atoms with van der Waals surface area (Å²) in [6.07, 6.45) is -0.674. The van der Waals surface area contributed by atoms with Gasteiger partial charge in [0, 0.05) is 25.1 Å². The first-order valence-electron chi connectivity index (χ1n) is 7.08. The normalized spacial score (nSPS) is 19.9. The zero-order valence-electron chi connectivity index (χ0n) is 12.2. The molecule has 0 unspecified atom stereocenters. The van der Waals surface area contributed by atoms with E-state index in [2.05, 4.69) is 26.1 Å². The average Bonchev–Trinajstić information content (AvgIpc) is 2.69. The van der Waals surface area contributed by atoms with Crippen molar-refractivity contribution in [2.24, 2.45) is 0 Å². The largest absolute Gasteiger partial charge is 0.389 e. The van der Waals surface area contributed by atoms with E-state index >= 15 is 0 Å². The van der Waals surface area contributed by atoms with Gasteiger partial charge in [-0.2, -0.15) is 13.2 Å². The highest BCUT2D eigenvalue weighted by molar-refractivity contribution is 4.90. The standard InChI is InChI=1S/C14H26F3NO/c1-12(2,3)18-11-13(7-4-5-8-13)19-10-6-9-14(15,16)17/h18H,4-11H2,1-3H3. The summed E-state index contributed by atoms with van der Waals surface area (Å²) in [5, 5.41) is 3.41. The Bertz CT molecular complexity index is 265. The molecule has 1 fully saturated rings. The van der Waals surface area contributed by atoms with Crippen molar-refractivity contribution < 1.29 is 17.9 Å². The molecular weight excluding hydrogens is 255 g/mol. The van der Waals surface area contributed by atoms with Crippen LogP contribution in [0.1, 0.15) is 59.3 Å². The lowest BCUT2D eigenvalue weighted by molar-refractivity contribution is -0.141. The molecule has 114 valence electrons. The molecule has 0 amide bonds. The molecule has 1 N–H and O–H groups in total. The third kappa shape index (κ3) is 7.16. The summed E-state index contributed by atoms with van der Waals surface area (Å²) in [6.45, 7) is 7.17. The van der Waals surface area contributed by atoms with Crippen molar-refractivity contribution in [1.29, 1.82) is 0 Å². The van der Waals surface area contributed by atoms with Crippen LogP contribution in [0.3, 0.4) is 0 Å². The molecule has 1 rings (SSSR count). The fourth-order valence-electron chi connectivity index (χ4n) is 2.38. The number of nitrogens with one attached hydrogen (secondary N) is 1. The molecule has 0 aliphatic heterocycles. The van der Waals surface area contributed by atoms with Crippen molar-refractivity contribution in [2.45, 2.75) is 76.6 Å². The van der Waals surface area contributed by atoms with E-state index in [1.54, 1.807) is 0 Å². The Morgan fingerprint density at radius 1 is 1.11 bits per heavy atom. The van der Waals surface area contributed by atoms with Gasteiger partial charge < -0.3 is 10.1 Å². The van der Waals surface area contributed by atoms with Crippen LogP contribution in [0, 0.1) is 0 Å². The second-order valence-corrected chi connectivity index (χ2v) is 6.56. The van der Waals surface area contributed by atoms with E-state index in [-0.39, 0.29) is 24.2 Å². The van der Waals surface area contributed by atoms with Gasteiger partial charge in [0.15, 0.2) is 0 Å². The lowest BCUT2D eigenvalue weighted by atomic mass is 9.99. The molecule has 0 saturated heterocycles. The van der Waals surface area contributed by atoms with Gasteiger partial charge in [0.1, 0.15) is 0 Å². The highest BCUT2D eigenvalue weighted by atomic mass is 19.4. The smallest absolute Gasteiger partial charge is 0.374 e. The number of halogens is 3. The van der Waals surface area contributed by atoms with Gasteiger partial charge in [0.05, 0.1) is 5.60 Å². The van der Waals surface area contributed by atoms with Gasteiger partial charge in [-0.05, 0) is 40.0 Å². The van der Waals surface area contributed by atoms with Gasteiger partial charge >= 0.3 is 6.18 Å². The van der Waals surface area contributed by atoms with Gasteiger partial charge in [-0.25, -0.2) is 0 Å². The summed E-state index contributed by atoms with van der Waals surface area (Å²) in [6, 6.07) is 0. The highest BCUT2D eigenvalue weighted by Gasteiger charge is 2.36. The van der Waals surface area contributed by atoms with Gasteiger partial charge in [-0.3, -0.25) is 0 Å². The van der Waals surface area contributed by atoms with Crippen LogP contribution in [-0.2, 0) is 4.74 Å². The fraction of sp³-hybridized carbons (Fsp3) is 1.00. The molecule has 0 atom stereocenters. The maximum atomic E-state index is 12.1. The highest BCUT2D eigenvalue weighted by Crippen LogP contribution is 2.33. The first kappa shape index (κ1) is 16.8. The Labute approximate surface area is 114 Å². The van der Waals surface area contributed by atoms with E-state index in [0.29, 0.717) is 0 Å². The minimum atomic E-state index is -4.07. The van der Waals surface area contributed by atoms with E-state index in [4.69, 9.17) is 4.74 Å². The fourth-order valence-corrected chi connectivity index (χ4v) is 2.38. The predicted octanol–water partition coefficient (Wildman–Crippen LogP) is 4.05. The molecule has 1 aliphatic carbocycles. The maximum Gasteiger partial charge on any atom is 0.389 e. The summed E-state index contributed by atoms with van der Waals surface area (Å²) >= 11 is 0. The Morgan fingerprint density at radius 2 is 1.68 bits per heavy atom. The molecule has 0 radical (unpaired) electrons. The zero-order chi connectivity index (χ0) is 14.6. The second kappa shape index (κ2) is 6.44. The SMILES string of the molecule is CC(C)(C)NCC1(OCCCC(F)(F)F)CCCC1. The quantitative estimate of drug-likeness (QED) is 0.742. The van der Waals surface area contributed by atoms with E-state index in [0.717, 1.165) is 32.2 Å². The minimum Gasteiger partial charge on any atom is -0.374 e. The Balaban J connectivity index is 2.35. The van der Waals surface area contributed by atoms with Crippen LogP contribution in [0.5, 0.6) is 0 Å². The van der Waals surface area contributed by atoms with Crippen molar-refractivity contribution in [3.05, 3.63) is 0 Å². The Morgan fingerprint density at radius 3 is 2.16 bits per heavy atom. The summed E-state index contributed by atoms with van der Waals surface area (Å²) in [4.78, 5) is 0. The van der Waals surface area contributed by atoms with E-state index < -0.39 is 12.6 Å². The van der Waals surface area contributed by atoms with Crippen molar-refractivity contribution in [3.8, 4) is 0 Å². The average molecular weight is 281 g/mol. The monoisotopic (exact) mass is 281 g/mol. The molecule has 0 spiro atoms.